The molecule has 0 aliphatic rings. The lowest BCUT2D eigenvalue weighted by Gasteiger charge is -2.21. The number of aromatic nitrogens is 3. The molecule has 0 spiro atoms. The Hall–Kier alpha value is -2.34. The smallest absolute Gasteiger partial charge is 0.256 e. The fourth-order valence-corrected chi connectivity index (χ4v) is 2.09. The van der Waals surface area contributed by atoms with Crippen molar-refractivity contribution in [2.45, 2.75) is 20.0 Å². The van der Waals surface area contributed by atoms with Crippen molar-refractivity contribution in [1.29, 1.82) is 0 Å². The van der Waals surface area contributed by atoms with Crippen molar-refractivity contribution in [2.24, 2.45) is 0 Å². The second-order valence-corrected chi connectivity index (χ2v) is 4.96. The SMILES string of the molecule is CCO[C@@H](C)CN(C)C(=O)c1cnc(-c2ccccn2)nc1. The summed E-state index contributed by atoms with van der Waals surface area (Å²) in [5.74, 6) is 0.376. The van der Waals surface area contributed by atoms with Crippen LogP contribution in [-0.4, -0.2) is 52.1 Å². The Morgan fingerprint density at radius 2 is 2.00 bits per heavy atom. The molecule has 22 heavy (non-hydrogen) atoms. The maximum absolute atomic E-state index is 12.3. The highest BCUT2D eigenvalue weighted by molar-refractivity contribution is 5.93. The maximum atomic E-state index is 12.3. The summed E-state index contributed by atoms with van der Waals surface area (Å²) in [7, 11) is 1.74. The number of pyridine rings is 1. The van der Waals surface area contributed by atoms with E-state index < -0.39 is 0 Å². The monoisotopic (exact) mass is 300 g/mol. The third-order valence-electron chi connectivity index (χ3n) is 3.12. The van der Waals surface area contributed by atoms with Crippen molar-refractivity contribution in [3.8, 4) is 11.5 Å². The minimum absolute atomic E-state index is 0.00680. The first-order chi connectivity index (χ1) is 10.6. The summed E-state index contributed by atoms with van der Waals surface area (Å²) in [6, 6.07) is 5.52. The minimum Gasteiger partial charge on any atom is -0.377 e. The summed E-state index contributed by atoms with van der Waals surface area (Å²) in [4.78, 5) is 26.5. The van der Waals surface area contributed by atoms with Crippen molar-refractivity contribution in [3.63, 3.8) is 0 Å². The molecular weight excluding hydrogens is 280 g/mol. The van der Waals surface area contributed by atoms with Crippen LogP contribution in [-0.2, 0) is 4.74 Å². The number of likely N-dealkylation sites (N-methyl/N-ethyl adjacent to an activating group) is 1. The van der Waals surface area contributed by atoms with Crippen molar-refractivity contribution < 1.29 is 9.53 Å². The van der Waals surface area contributed by atoms with E-state index in [1.165, 1.54) is 12.4 Å². The van der Waals surface area contributed by atoms with Crippen molar-refractivity contribution >= 4 is 5.91 Å². The van der Waals surface area contributed by atoms with Crippen LogP contribution in [0.4, 0.5) is 0 Å². The van der Waals surface area contributed by atoms with Crippen molar-refractivity contribution in [1.82, 2.24) is 19.9 Å². The number of hydrogen-bond acceptors (Lipinski definition) is 5. The van der Waals surface area contributed by atoms with Gasteiger partial charge in [-0.15, -0.1) is 0 Å². The zero-order chi connectivity index (χ0) is 15.9. The van der Waals surface area contributed by atoms with Crippen LogP contribution >= 0.6 is 0 Å². The van der Waals surface area contributed by atoms with E-state index in [-0.39, 0.29) is 12.0 Å². The van der Waals surface area contributed by atoms with Crippen LogP contribution in [0.2, 0.25) is 0 Å². The van der Waals surface area contributed by atoms with Crippen LogP contribution < -0.4 is 0 Å². The minimum atomic E-state index is -0.126. The molecule has 0 unspecified atom stereocenters. The molecule has 0 saturated heterocycles. The number of rotatable bonds is 6. The van der Waals surface area contributed by atoms with E-state index in [0.717, 1.165) is 0 Å². The fourth-order valence-electron chi connectivity index (χ4n) is 2.09. The molecule has 0 N–H and O–H groups in total. The van der Waals surface area contributed by atoms with Gasteiger partial charge in [0.1, 0.15) is 5.69 Å². The summed E-state index contributed by atoms with van der Waals surface area (Å²) in [5.41, 5.74) is 1.13. The van der Waals surface area contributed by atoms with Crippen LogP contribution in [0, 0.1) is 0 Å². The summed E-state index contributed by atoms with van der Waals surface area (Å²) < 4.78 is 5.44. The van der Waals surface area contributed by atoms with Gasteiger partial charge >= 0.3 is 0 Å². The average molecular weight is 300 g/mol. The van der Waals surface area contributed by atoms with E-state index in [0.29, 0.717) is 30.2 Å². The number of carbonyl (C=O) groups excluding carboxylic acids is 1. The van der Waals surface area contributed by atoms with E-state index in [1.54, 1.807) is 18.1 Å². The molecule has 116 valence electrons. The van der Waals surface area contributed by atoms with E-state index in [4.69, 9.17) is 4.74 Å². The van der Waals surface area contributed by atoms with Crippen molar-refractivity contribution in [3.05, 3.63) is 42.4 Å². The second kappa shape index (κ2) is 7.61. The molecule has 0 aromatic carbocycles. The lowest BCUT2D eigenvalue weighted by molar-refractivity contribution is 0.0436. The third kappa shape index (κ3) is 4.08. The second-order valence-electron chi connectivity index (χ2n) is 4.96. The lowest BCUT2D eigenvalue weighted by Crippen LogP contribution is -2.34. The van der Waals surface area contributed by atoms with Crippen LogP contribution in [0.25, 0.3) is 11.5 Å². The quantitative estimate of drug-likeness (QED) is 0.816. The summed E-state index contributed by atoms with van der Waals surface area (Å²) in [6.45, 7) is 5.02. The highest BCUT2D eigenvalue weighted by atomic mass is 16.5. The van der Waals surface area contributed by atoms with Gasteiger partial charge in [-0.2, -0.15) is 0 Å². The van der Waals surface area contributed by atoms with Gasteiger partial charge in [-0.1, -0.05) is 6.07 Å². The Morgan fingerprint density at radius 1 is 1.27 bits per heavy atom. The normalized spacial score (nSPS) is 12.0. The zero-order valence-electron chi connectivity index (χ0n) is 13.1. The average Bonchev–Trinajstić information content (AvgIpc) is 2.55. The number of nitrogens with zero attached hydrogens (tertiary/aromatic N) is 4. The Bertz CT molecular complexity index is 601. The molecule has 0 aliphatic carbocycles. The number of amides is 1. The van der Waals surface area contributed by atoms with Crippen molar-refractivity contribution in [2.75, 3.05) is 20.2 Å². The van der Waals surface area contributed by atoms with Gasteiger partial charge in [0.15, 0.2) is 5.82 Å². The van der Waals surface area contributed by atoms with E-state index >= 15 is 0 Å². The molecule has 2 aromatic rings. The standard InChI is InChI=1S/C16H20N4O2/c1-4-22-12(2)11-20(3)16(21)13-9-18-15(19-10-13)14-7-5-6-8-17-14/h5-10,12H,4,11H2,1-3H3/t12-/m0/s1. The fraction of sp³-hybridized carbons (Fsp3) is 0.375. The summed E-state index contributed by atoms with van der Waals surface area (Å²) >= 11 is 0. The van der Waals surface area contributed by atoms with Gasteiger partial charge in [-0.05, 0) is 26.0 Å². The molecule has 0 radical (unpaired) electrons. The number of ether oxygens (including phenoxy) is 1. The van der Waals surface area contributed by atoms with Gasteiger partial charge in [-0.25, -0.2) is 9.97 Å². The third-order valence-corrected chi connectivity index (χ3v) is 3.12. The largest absolute Gasteiger partial charge is 0.377 e. The van der Waals surface area contributed by atoms with Gasteiger partial charge in [-0.3, -0.25) is 9.78 Å². The lowest BCUT2D eigenvalue weighted by atomic mass is 10.2. The first-order valence-corrected chi connectivity index (χ1v) is 7.22. The number of carbonyl (C=O) groups is 1. The summed E-state index contributed by atoms with van der Waals surface area (Å²) in [5, 5.41) is 0. The molecule has 0 fully saturated rings. The Labute approximate surface area is 130 Å². The van der Waals surface area contributed by atoms with Crippen LogP contribution in [0.1, 0.15) is 24.2 Å². The molecule has 1 atom stereocenters. The van der Waals surface area contributed by atoms with Gasteiger partial charge in [0, 0.05) is 38.8 Å². The molecule has 0 saturated carbocycles. The first-order valence-electron chi connectivity index (χ1n) is 7.22. The molecule has 6 heteroatoms. The van der Waals surface area contributed by atoms with Gasteiger partial charge < -0.3 is 9.64 Å². The summed E-state index contributed by atoms with van der Waals surface area (Å²) in [6.07, 6.45) is 4.73. The highest BCUT2D eigenvalue weighted by Crippen LogP contribution is 2.11. The molecule has 6 nitrogen and oxygen atoms in total. The molecular formula is C16H20N4O2. The van der Waals surface area contributed by atoms with Crippen LogP contribution in [0.3, 0.4) is 0 Å². The van der Waals surface area contributed by atoms with Gasteiger partial charge in [0.05, 0.1) is 11.7 Å². The van der Waals surface area contributed by atoms with Gasteiger partial charge in [0.2, 0.25) is 0 Å². The number of hydrogen-bond donors (Lipinski definition) is 0. The van der Waals surface area contributed by atoms with Crippen LogP contribution in [0.5, 0.6) is 0 Å². The van der Waals surface area contributed by atoms with E-state index in [1.807, 2.05) is 32.0 Å². The van der Waals surface area contributed by atoms with E-state index in [2.05, 4.69) is 15.0 Å². The first kappa shape index (κ1) is 16.0. The molecule has 1 amide bonds. The topological polar surface area (TPSA) is 68.2 Å². The Balaban J connectivity index is 2.05. The van der Waals surface area contributed by atoms with Gasteiger partial charge in [0.25, 0.3) is 5.91 Å². The Kier molecular flexibility index (Phi) is 5.55. The molecule has 2 heterocycles. The van der Waals surface area contributed by atoms with Crippen LogP contribution in [0.15, 0.2) is 36.8 Å². The van der Waals surface area contributed by atoms with E-state index in [9.17, 15) is 4.79 Å². The molecule has 2 aromatic heterocycles. The Morgan fingerprint density at radius 3 is 2.59 bits per heavy atom. The molecule has 0 bridgehead atoms. The highest BCUT2D eigenvalue weighted by Gasteiger charge is 2.15. The predicted octanol–water partition coefficient (Wildman–Crippen LogP) is 2.04. The zero-order valence-corrected chi connectivity index (χ0v) is 13.1. The molecule has 2 rings (SSSR count). The molecule has 0 aliphatic heterocycles. The maximum Gasteiger partial charge on any atom is 0.256 e. The predicted molar refractivity (Wildman–Crippen MR) is 83.3 cm³/mol.